The molecule has 2 heterocycles. The zero-order valence-electron chi connectivity index (χ0n) is 13.9. The predicted octanol–water partition coefficient (Wildman–Crippen LogP) is 4.57. The second kappa shape index (κ2) is 5.21. The zero-order valence-corrected chi connectivity index (χ0v) is 13.9. The van der Waals surface area contributed by atoms with Gasteiger partial charge in [0.15, 0.2) is 6.20 Å². The third-order valence-corrected chi connectivity index (χ3v) is 4.61. The molecule has 0 unspecified atom stereocenters. The quantitative estimate of drug-likeness (QED) is 0.483. The maximum atomic E-state index is 9.28. The summed E-state index contributed by atoms with van der Waals surface area (Å²) in [5.74, 6) is 0. The summed E-state index contributed by atoms with van der Waals surface area (Å²) in [4.78, 5) is 0. The Morgan fingerprint density at radius 3 is 2.46 bits per heavy atom. The largest absolute Gasteiger partial charge is 0.456 e. The van der Waals surface area contributed by atoms with E-state index in [0.717, 1.165) is 38.8 Å². The molecule has 24 heavy (non-hydrogen) atoms. The minimum atomic E-state index is 0.696. The molecule has 0 N–H and O–H groups in total. The van der Waals surface area contributed by atoms with E-state index in [1.54, 1.807) is 0 Å². The van der Waals surface area contributed by atoms with Crippen LogP contribution < -0.4 is 4.57 Å². The van der Waals surface area contributed by atoms with Crippen molar-refractivity contribution in [1.82, 2.24) is 0 Å². The summed E-state index contributed by atoms with van der Waals surface area (Å²) in [5, 5.41) is 11.3. The Hall–Kier alpha value is -3.12. The summed E-state index contributed by atoms with van der Waals surface area (Å²) in [7, 11) is 2.04. The molecule has 3 heteroatoms. The van der Waals surface area contributed by atoms with Crippen LogP contribution in [0.3, 0.4) is 0 Å². The van der Waals surface area contributed by atoms with Gasteiger partial charge in [-0.2, -0.15) is 5.26 Å². The van der Waals surface area contributed by atoms with Gasteiger partial charge in [0, 0.05) is 22.9 Å². The number of rotatable bonds is 1. The molecule has 2 aromatic heterocycles. The Morgan fingerprint density at radius 1 is 0.958 bits per heavy atom. The van der Waals surface area contributed by atoms with E-state index in [1.165, 1.54) is 5.56 Å². The van der Waals surface area contributed by atoms with Crippen LogP contribution in [0, 0.1) is 25.2 Å². The van der Waals surface area contributed by atoms with Crippen LogP contribution in [0.1, 0.15) is 16.7 Å². The van der Waals surface area contributed by atoms with Crippen molar-refractivity contribution in [3.05, 3.63) is 65.4 Å². The van der Waals surface area contributed by atoms with E-state index in [9.17, 15) is 5.26 Å². The number of benzene rings is 2. The Labute approximate surface area is 140 Å². The van der Waals surface area contributed by atoms with E-state index < -0.39 is 0 Å². The van der Waals surface area contributed by atoms with Gasteiger partial charge in [0.1, 0.15) is 18.2 Å². The average molecular weight is 313 g/mol. The summed E-state index contributed by atoms with van der Waals surface area (Å²) in [6.07, 6.45) is 2.04. The molecule has 0 aliphatic rings. The first kappa shape index (κ1) is 14.5. The number of pyridine rings is 1. The van der Waals surface area contributed by atoms with Crippen LogP contribution in [-0.4, -0.2) is 0 Å². The van der Waals surface area contributed by atoms with Crippen molar-refractivity contribution in [1.29, 1.82) is 5.26 Å². The van der Waals surface area contributed by atoms with Crippen LogP contribution in [0.4, 0.5) is 0 Å². The molecule has 0 saturated carbocycles. The molecular weight excluding hydrogens is 296 g/mol. The maximum absolute atomic E-state index is 9.28. The highest BCUT2D eigenvalue weighted by Gasteiger charge is 2.16. The number of nitriles is 1. The van der Waals surface area contributed by atoms with Crippen LogP contribution in [0.5, 0.6) is 0 Å². The highest BCUT2D eigenvalue weighted by atomic mass is 16.3. The van der Waals surface area contributed by atoms with Gasteiger partial charge in [0.25, 0.3) is 0 Å². The number of hydrogen-bond donors (Lipinski definition) is 0. The van der Waals surface area contributed by atoms with Gasteiger partial charge in [-0.05, 0) is 55.3 Å². The number of fused-ring (bicyclic) bond motifs is 3. The lowest BCUT2D eigenvalue weighted by atomic mass is 10.00. The lowest BCUT2D eigenvalue weighted by Gasteiger charge is -2.04. The fourth-order valence-electron chi connectivity index (χ4n) is 3.28. The third kappa shape index (κ3) is 2.08. The predicted molar refractivity (Wildman–Crippen MR) is 94.5 cm³/mol. The van der Waals surface area contributed by atoms with Crippen molar-refractivity contribution in [3.63, 3.8) is 0 Å². The lowest BCUT2D eigenvalue weighted by Crippen LogP contribution is -2.30. The van der Waals surface area contributed by atoms with Crippen LogP contribution in [-0.2, 0) is 7.05 Å². The maximum Gasteiger partial charge on any atom is 0.212 e. The average Bonchev–Trinajstić information content (AvgIpc) is 2.90. The monoisotopic (exact) mass is 313 g/mol. The first-order valence-corrected chi connectivity index (χ1v) is 7.91. The van der Waals surface area contributed by atoms with Gasteiger partial charge in [0.2, 0.25) is 5.69 Å². The van der Waals surface area contributed by atoms with Crippen LogP contribution in [0.25, 0.3) is 33.2 Å². The first-order valence-electron chi connectivity index (χ1n) is 7.91. The van der Waals surface area contributed by atoms with E-state index in [0.29, 0.717) is 5.56 Å². The van der Waals surface area contributed by atoms with Crippen molar-refractivity contribution in [2.45, 2.75) is 13.8 Å². The highest BCUT2D eigenvalue weighted by molar-refractivity contribution is 6.07. The van der Waals surface area contributed by atoms with Crippen molar-refractivity contribution in [2.75, 3.05) is 0 Å². The van der Waals surface area contributed by atoms with Gasteiger partial charge >= 0.3 is 0 Å². The normalized spacial score (nSPS) is 11.1. The SMILES string of the molecule is Cc1cc2oc3cc(-c4cccc[n+]4C)c(C)cc3c2cc1C#N. The van der Waals surface area contributed by atoms with Crippen LogP contribution in [0.15, 0.2) is 53.1 Å². The van der Waals surface area contributed by atoms with E-state index in [-0.39, 0.29) is 0 Å². The molecule has 4 aromatic rings. The van der Waals surface area contributed by atoms with Crippen molar-refractivity contribution >= 4 is 21.9 Å². The second-order valence-electron chi connectivity index (χ2n) is 6.24. The second-order valence-corrected chi connectivity index (χ2v) is 6.24. The number of furan rings is 1. The Bertz CT molecular complexity index is 1150. The Balaban J connectivity index is 2.05. The van der Waals surface area contributed by atoms with E-state index in [1.807, 2.05) is 44.4 Å². The van der Waals surface area contributed by atoms with Crippen molar-refractivity contribution < 1.29 is 8.98 Å². The topological polar surface area (TPSA) is 40.8 Å². The number of aromatic nitrogens is 1. The molecule has 0 amide bonds. The highest BCUT2D eigenvalue weighted by Crippen LogP contribution is 2.34. The molecule has 116 valence electrons. The summed E-state index contributed by atoms with van der Waals surface area (Å²) in [6, 6.07) is 16.6. The van der Waals surface area contributed by atoms with E-state index in [2.05, 4.69) is 35.8 Å². The molecule has 2 aromatic carbocycles. The van der Waals surface area contributed by atoms with Crippen LogP contribution >= 0.6 is 0 Å². The van der Waals surface area contributed by atoms with Gasteiger partial charge in [-0.25, -0.2) is 4.57 Å². The molecule has 0 saturated heterocycles. The molecule has 3 nitrogen and oxygen atoms in total. The summed E-state index contributed by atoms with van der Waals surface area (Å²) >= 11 is 0. The smallest absolute Gasteiger partial charge is 0.212 e. The van der Waals surface area contributed by atoms with Crippen LogP contribution in [0.2, 0.25) is 0 Å². The molecule has 0 radical (unpaired) electrons. The summed E-state index contributed by atoms with van der Waals surface area (Å²) < 4.78 is 8.18. The fourth-order valence-corrected chi connectivity index (χ4v) is 3.28. The summed E-state index contributed by atoms with van der Waals surface area (Å²) in [5.41, 5.74) is 6.80. The minimum absolute atomic E-state index is 0.696. The molecule has 4 rings (SSSR count). The minimum Gasteiger partial charge on any atom is -0.456 e. The zero-order chi connectivity index (χ0) is 16.8. The van der Waals surface area contributed by atoms with E-state index >= 15 is 0 Å². The van der Waals surface area contributed by atoms with Gasteiger partial charge in [-0.3, -0.25) is 0 Å². The van der Waals surface area contributed by atoms with Gasteiger partial charge in [0.05, 0.1) is 17.2 Å². The number of hydrogen-bond acceptors (Lipinski definition) is 2. The van der Waals surface area contributed by atoms with Crippen molar-refractivity contribution in [2.24, 2.45) is 7.05 Å². The fraction of sp³-hybridized carbons (Fsp3) is 0.143. The Kier molecular flexibility index (Phi) is 3.14. The standard InChI is InChI=1S/C21H17N2O/c1-13-9-20-18(10-15(13)12-22)17-8-14(2)16(11-21(17)24-20)19-6-4-5-7-23(19)3/h4-11H,1-3H3/q+1. The number of aryl methyl sites for hydroxylation is 3. The van der Waals surface area contributed by atoms with Gasteiger partial charge < -0.3 is 4.42 Å². The lowest BCUT2D eigenvalue weighted by molar-refractivity contribution is -0.660. The molecule has 0 atom stereocenters. The third-order valence-electron chi connectivity index (χ3n) is 4.61. The number of nitrogens with zero attached hydrogens (tertiary/aromatic N) is 2. The molecular formula is C21H17N2O+. The molecule has 0 aliphatic heterocycles. The Morgan fingerprint density at radius 2 is 1.71 bits per heavy atom. The summed E-state index contributed by atoms with van der Waals surface area (Å²) in [6.45, 7) is 4.05. The van der Waals surface area contributed by atoms with Crippen molar-refractivity contribution in [3.8, 4) is 17.3 Å². The molecule has 0 fully saturated rings. The molecule has 0 bridgehead atoms. The van der Waals surface area contributed by atoms with Gasteiger partial charge in [-0.15, -0.1) is 0 Å². The van der Waals surface area contributed by atoms with Gasteiger partial charge in [-0.1, -0.05) is 0 Å². The molecule has 0 spiro atoms. The first-order chi connectivity index (χ1) is 11.6. The van der Waals surface area contributed by atoms with E-state index in [4.69, 9.17) is 4.42 Å². The molecule has 0 aliphatic carbocycles.